The molecule has 1 aliphatic heterocycles. The first-order chi connectivity index (χ1) is 12.2. The molecule has 0 aromatic heterocycles. The van der Waals surface area contributed by atoms with Crippen molar-refractivity contribution < 1.29 is 19.0 Å². The average Bonchev–Trinajstić information content (AvgIpc) is 3.01. The van der Waals surface area contributed by atoms with Gasteiger partial charge in [-0.2, -0.15) is 0 Å². The topological polar surface area (TPSA) is 48.0 Å². The smallest absolute Gasteiger partial charge is 0.414 e. The van der Waals surface area contributed by atoms with Crippen LogP contribution in [0, 0.1) is 0 Å². The van der Waals surface area contributed by atoms with Gasteiger partial charge in [-0.05, 0) is 55.6 Å². The zero-order valence-electron chi connectivity index (χ0n) is 15.0. The van der Waals surface area contributed by atoms with Crippen molar-refractivity contribution >= 4 is 23.5 Å². The van der Waals surface area contributed by atoms with Crippen molar-refractivity contribution in [3.8, 4) is 0 Å². The van der Waals surface area contributed by atoms with Gasteiger partial charge >= 0.3 is 6.09 Å². The van der Waals surface area contributed by atoms with Crippen molar-refractivity contribution in [2.45, 2.75) is 43.8 Å². The molecule has 1 amide bonds. The van der Waals surface area contributed by atoms with Crippen LogP contribution < -0.4 is 4.90 Å². The molecule has 1 heterocycles. The van der Waals surface area contributed by atoms with Gasteiger partial charge < -0.3 is 14.2 Å². The molecule has 0 N–H and O–H groups in total. The highest BCUT2D eigenvalue weighted by molar-refractivity contribution is 7.98. The molecule has 3 rings (SSSR count). The van der Waals surface area contributed by atoms with Crippen LogP contribution in [0.4, 0.5) is 10.5 Å². The number of hydrogen-bond acceptors (Lipinski definition) is 5. The molecule has 0 radical (unpaired) electrons. The standard InChI is InChI=1S/C19H27NO4S/c1-22-12-18-11-20(19(21)24-18)16-7-3-14(4-8-16)15-5-9-17(10-6-15)23-13-25-2/h3-4,7-8,15,17-18H,5-6,9-13H2,1-2H3. The van der Waals surface area contributed by atoms with Crippen LogP contribution in [0.25, 0.3) is 0 Å². The van der Waals surface area contributed by atoms with Crippen molar-refractivity contribution in [3.05, 3.63) is 29.8 Å². The molecular weight excluding hydrogens is 338 g/mol. The first-order valence-corrected chi connectivity index (χ1v) is 10.3. The molecule has 5 nitrogen and oxygen atoms in total. The second-order valence-corrected chi connectivity index (χ2v) is 7.52. The quantitative estimate of drug-likeness (QED) is 0.683. The van der Waals surface area contributed by atoms with E-state index in [2.05, 4.69) is 18.4 Å². The summed E-state index contributed by atoms with van der Waals surface area (Å²) in [6.07, 6.45) is 6.60. The lowest BCUT2D eigenvalue weighted by Crippen LogP contribution is -2.25. The molecule has 6 heteroatoms. The molecule has 1 saturated heterocycles. The Balaban J connectivity index is 1.55. The van der Waals surface area contributed by atoms with Crippen LogP contribution in [-0.4, -0.2) is 50.8 Å². The van der Waals surface area contributed by atoms with Gasteiger partial charge in [0.2, 0.25) is 0 Å². The van der Waals surface area contributed by atoms with E-state index in [-0.39, 0.29) is 12.2 Å². The number of hydrogen-bond donors (Lipinski definition) is 0. The summed E-state index contributed by atoms with van der Waals surface area (Å²) in [5.41, 5.74) is 2.25. The third kappa shape index (κ3) is 4.68. The van der Waals surface area contributed by atoms with E-state index in [9.17, 15) is 4.79 Å². The van der Waals surface area contributed by atoms with Crippen LogP contribution in [0.3, 0.4) is 0 Å². The number of carbonyl (C=O) groups is 1. The van der Waals surface area contributed by atoms with E-state index in [0.717, 1.165) is 24.5 Å². The molecule has 0 spiro atoms. The number of thioether (sulfide) groups is 1. The summed E-state index contributed by atoms with van der Waals surface area (Å²) in [5, 5.41) is 0. The highest BCUT2D eigenvalue weighted by Crippen LogP contribution is 2.35. The minimum Gasteiger partial charge on any atom is -0.441 e. The van der Waals surface area contributed by atoms with Crippen LogP contribution >= 0.6 is 11.8 Å². The van der Waals surface area contributed by atoms with Crippen molar-refractivity contribution in [3.63, 3.8) is 0 Å². The van der Waals surface area contributed by atoms with Crippen molar-refractivity contribution in [2.75, 3.05) is 37.4 Å². The molecule has 1 unspecified atom stereocenters. The van der Waals surface area contributed by atoms with Gasteiger partial charge in [-0.3, -0.25) is 4.90 Å². The van der Waals surface area contributed by atoms with E-state index in [4.69, 9.17) is 14.2 Å². The summed E-state index contributed by atoms with van der Waals surface area (Å²) >= 11 is 1.74. The number of cyclic esters (lactones) is 1. The first kappa shape index (κ1) is 18.5. The van der Waals surface area contributed by atoms with Crippen molar-refractivity contribution in [1.29, 1.82) is 0 Å². The second-order valence-electron chi connectivity index (χ2n) is 6.71. The average molecular weight is 365 g/mol. The number of anilines is 1. The third-order valence-corrected chi connectivity index (χ3v) is 5.37. The zero-order chi connectivity index (χ0) is 17.6. The van der Waals surface area contributed by atoms with Crippen LogP contribution in [0.1, 0.15) is 37.2 Å². The Kier molecular flexibility index (Phi) is 6.62. The maximum atomic E-state index is 12.0. The van der Waals surface area contributed by atoms with Crippen molar-refractivity contribution in [2.24, 2.45) is 0 Å². The number of rotatable bonds is 7. The Morgan fingerprint density at radius 1 is 1.20 bits per heavy atom. The zero-order valence-corrected chi connectivity index (χ0v) is 15.8. The Hall–Kier alpha value is -1.24. The monoisotopic (exact) mass is 365 g/mol. The van der Waals surface area contributed by atoms with Gasteiger partial charge in [0, 0.05) is 12.8 Å². The molecule has 1 aromatic carbocycles. The maximum absolute atomic E-state index is 12.0. The lowest BCUT2D eigenvalue weighted by Gasteiger charge is -2.29. The minimum absolute atomic E-state index is 0.186. The van der Waals surface area contributed by atoms with Gasteiger partial charge in [0.25, 0.3) is 0 Å². The fraction of sp³-hybridized carbons (Fsp3) is 0.632. The largest absolute Gasteiger partial charge is 0.441 e. The van der Waals surface area contributed by atoms with E-state index in [1.54, 1.807) is 23.8 Å². The molecule has 2 fully saturated rings. The van der Waals surface area contributed by atoms with Gasteiger partial charge in [-0.25, -0.2) is 4.79 Å². The molecule has 25 heavy (non-hydrogen) atoms. The number of methoxy groups -OCH3 is 1. The summed E-state index contributed by atoms with van der Waals surface area (Å²) in [6.45, 7) is 0.978. The highest BCUT2D eigenvalue weighted by Gasteiger charge is 2.32. The molecular formula is C19H27NO4S. The molecule has 1 saturated carbocycles. The number of ether oxygens (including phenoxy) is 3. The molecule has 1 aromatic rings. The second kappa shape index (κ2) is 8.92. The predicted octanol–water partition coefficient (Wildman–Crippen LogP) is 4.02. The SMILES string of the molecule is COCC1CN(c2ccc(C3CCC(OCSC)CC3)cc2)C(=O)O1. The maximum Gasteiger partial charge on any atom is 0.414 e. The first-order valence-electron chi connectivity index (χ1n) is 8.89. The third-order valence-electron chi connectivity index (χ3n) is 5.00. The van der Waals surface area contributed by atoms with E-state index < -0.39 is 0 Å². The number of nitrogens with zero attached hydrogens (tertiary/aromatic N) is 1. The van der Waals surface area contributed by atoms with Crippen LogP contribution in [-0.2, 0) is 14.2 Å². The van der Waals surface area contributed by atoms with Gasteiger partial charge in [-0.1, -0.05) is 12.1 Å². The summed E-state index contributed by atoms with van der Waals surface area (Å²) in [7, 11) is 1.62. The fourth-order valence-corrected chi connectivity index (χ4v) is 3.99. The van der Waals surface area contributed by atoms with E-state index in [1.165, 1.54) is 18.4 Å². The Morgan fingerprint density at radius 3 is 2.56 bits per heavy atom. The summed E-state index contributed by atoms with van der Waals surface area (Å²) in [6, 6.07) is 8.37. The number of amides is 1. The molecule has 1 atom stereocenters. The summed E-state index contributed by atoms with van der Waals surface area (Å²) in [4.78, 5) is 13.7. The molecule has 2 aliphatic rings. The molecule has 138 valence electrons. The lowest BCUT2D eigenvalue weighted by atomic mass is 9.82. The van der Waals surface area contributed by atoms with Crippen LogP contribution in [0.5, 0.6) is 0 Å². The van der Waals surface area contributed by atoms with E-state index in [0.29, 0.717) is 25.2 Å². The predicted molar refractivity (Wildman–Crippen MR) is 100 cm³/mol. The summed E-state index contributed by atoms with van der Waals surface area (Å²) < 4.78 is 16.2. The fourth-order valence-electron chi connectivity index (χ4n) is 3.66. The van der Waals surface area contributed by atoms with Crippen LogP contribution in [0.2, 0.25) is 0 Å². The van der Waals surface area contributed by atoms with Gasteiger partial charge in [0.05, 0.1) is 25.2 Å². The van der Waals surface area contributed by atoms with Crippen molar-refractivity contribution in [1.82, 2.24) is 0 Å². The van der Waals surface area contributed by atoms with Gasteiger partial charge in [0.1, 0.15) is 6.10 Å². The number of carbonyl (C=O) groups excluding carboxylic acids is 1. The Labute approximate surface area is 154 Å². The highest BCUT2D eigenvalue weighted by atomic mass is 32.2. The molecule has 1 aliphatic carbocycles. The summed E-state index contributed by atoms with van der Waals surface area (Å²) in [5.74, 6) is 1.38. The minimum atomic E-state index is -0.291. The lowest BCUT2D eigenvalue weighted by molar-refractivity contribution is 0.0556. The molecule has 0 bridgehead atoms. The normalized spacial score (nSPS) is 26.7. The van der Waals surface area contributed by atoms with E-state index >= 15 is 0 Å². The van der Waals surface area contributed by atoms with Crippen LogP contribution in [0.15, 0.2) is 24.3 Å². The van der Waals surface area contributed by atoms with E-state index in [1.807, 2.05) is 12.1 Å². The van der Waals surface area contributed by atoms with Gasteiger partial charge in [-0.15, -0.1) is 11.8 Å². The van der Waals surface area contributed by atoms with Gasteiger partial charge in [0.15, 0.2) is 0 Å². The Morgan fingerprint density at radius 2 is 1.92 bits per heavy atom. The Bertz CT molecular complexity index is 557. The number of benzene rings is 1.